The van der Waals surface area contributed by atoms with Crippen molar-refractivity contribution in [2.45, 2.75) is 6.04 Å². The van der Waals surface area contributed by atoms with Gasteiger partial charge in [-0.05, 0) is 42.5 Å². The van der Waals surface area contributed by atoms with Gasteiger partial charge in [0.05, 0.1) is 0 Å². The van der Waals surface area contributed by atoms with Crippen LogP contribution >= 0.6 is 0 Å². The van der Waals surface area contributed by atoms with E-state index in [0.717, 1.165) is 30.3 Å². The van der Waals surface area contributed by atoms with Gasteiger partial charge in [0.25, 0.3) is 0 Å². The van der Waals surface area contributed by atoms with Gasteiger partial charge in [-0.15, -0.1) is 0 Å². The Hall–Kier alpha value is -2.63. The van der Waals surface area contributed by atoms with Crippen molar-refractivity contribution < 1.29 is 23.8 Å². The fourth-order valence-corrected chi connectivity index (χ4v) is 1.74. The monoisotopic (exact) mass is 279 g/mol. The number of hydrogen-bond acceptors (Lipinski definition) is 3. The predicted octanol–water partition coefficient (Wildman–Crippen LogP) is 2.91. The number of rotatable bonds is 4. The molecular weight excluding hydrogens is 268 g/mol. The van der Waals surface area contributed by atoms with Crippen LogP contribution in [-0.4, -0.2) is 16.2 Å². The van der Waals surface area contributed by atoms with E-state index in [-0.39, 0.29) is 11.3 Å². The number of phenols is 1. The van der Waals surface area contributed by atoms with Gasteiger partial charge in [-0.3, -0.25) is 0 Å². The molecule has 0 aliphatic carbocycles. The fraction of sp³-hybridized carbons (Fsp3) is 0.0714. The van der Waals surface area contributed by atoms with E-state index in [1.54, 1.807) is 0 Å². The highest BCUT2D eigenvalue weighted by Crippen LogP contribution is 2.28. The molecule has 20 heavy (non-hydrogen) atoms. The van der Waals surface area contributed by atoms with Gasteiger partial charge < -0.3 is 15.5 Å². The molecule has 0 amide bonds. The molecule has 0 bridgehead atoms. The molecule has 0 saturated carbocycles. The molecule has 0 aliphatic rings. The number of carbonyl (C=O) groups is 1. The summed E-state index contributed by atoms with van der Waals surface area (Å²) in [5.41, 5.74) is 0.226. The summed E-state index contributed by atoms with van der Waals surface area (Å²) in [7, 11) is 0. The van der Waals surface area contributed by atoms with Gasteiger partial charge in [-0.1, -0.05) is 0 Å². The molecule has 0 saturated heterocycles. The molecule has 0 aromatic heterocycles. The number of carboxylic acid groups (broad SMARTS) is 1. The Bertz CT molecular complexity index is 629. The number of nitrogens with one attached hydrogen (secondary N) is 1. The van der Waals surface area contributed by atoms with Crippen LogP contribution in [0.3, 0.4) is 0 Å². The number of anilines is 1. The SMILES string of the molecule is O=C(O)C(Nc1ccc(F)cc1)c1cc(F)ccc1O. The molecule has 2 aromatic rings. The molecule has 3 N–H and O–H groups in total. The zero-order valence-corrected chi connectivity index (χ0v) is 10.2. The first-order chi connectivity index (χ1) is 9.47. The molecule has 0 heterocycles. The van der Waals surface area contributed by atoms with Crippen molar-refractivity contribution in [3.63, 3.8) is 0 Å². The van der Waals surface area contributed by atoms with Crippen LogP contribution in [0, 0.1) is 11.6 Å². The Morgan fingerprint density at radius 1 is 1.05 bits per heavy atom. The highest BCUT2D eigenvalue weighted by molar-refractivity contribution is 5.80. The third kappa shape index (κ3) is 3.03. The molecule has 0 spiro atoms. The molecule has 1 unspecified atom stereocenters. The lowest BCUT2D eigenvalue weighted by atomic mass is 10.1. The zero-order valence-electron chi connectivity index (χ0n) is 10.2. The average Bonchev–Trinajstić information content (AvgIpc) is 2.41. The topological polar surface area (TPSA) is 69.6 Å². The number of hydrogen-bond donors (Lipinski definition) is 3. The Morgan fingerprint density at radius 2 is 1.65 bits per heavy atom. The molecule has 104 valence electrons. The normalized spacial score (nSPS) is 11.9. The van der Waals surface area contributed by atoms with Gasteiger partial charge in [-0.25, -0.2) is 13.6 Å². The molecule has 6 heteroatoms. The second-order valence-electron chi connectivity index (χ2n) is 4.13. The summed E-state index contributed by atoms with van der Waals surface area (Å²) in [6, 6.07) is 6.70. The second kappa shape index (κ2) is 5.56. The van der Waals surface area contributed by atoms with Crippen LogP contribution in [0.1, 0.15) is 11.6 Å². The molecule has 0 radical (unpaired) electrons. The fourth-order valence-electron chi connectivity index (χ4n) is 1.74. The van der Waals surface area contributed by atoms with Crippen LogP contribution in [0.4, 0.5) is 14.5 Å². The molecule has 2 aromatic carbocycles. The Kier molecular flexibility index (Phi) is 3.84. The van der Waals surface area contributed by atoms with Crippen molar-refractivity contribution in [3.05, 3.63) is 59.7 Å². The van der Waals surface area contributed by atoms with Gasteiger partial charge in [0.2, 0.25) is 0 Å². The van der Waals surface area contributed by atoms with Crippen LogP contribution in [-0.2, 0) is 4.79 Å². The summed E-state index contributed by atoms with van der Waals surface area (Å²) in [6.07, 6.45) is 0. The number of aliphatic carboxylic acids is 1. The van der Waals surface area contributed by atoms with E-state index < -0.39 is 23.6 Å². The maximum Gasteiger partial charge on any atom is 0.330 e. The van der Waals surface area contributed by atoms with E-state index in [1.807, 2.05) is 0 Å². The summed E-state index contributed by atoms with van der Waals surface area (Å²) in [5, 5.41) is 21.4. The molecule has 0 fully saturated rings. The number of benzene rings is 2. The van der Waals surface area contributed by atoms with Crippen molar-refractivity contribution in [2.75, 3.05) is 5.32 Å². The lowest BCUT2D eigenvalue weighted by molar-refractivity contribution is -0.138. The van der Waals surface area contributed by atoms with Gasteiger partial charge in [0.15, 0.2) is 6.04 Å². The minimum Gasteiger partial charge on any atom is -0.508 e. The molecule has 0 aliphatic heterocycles. The highest BCUT2D eigenvalue weighted by Gasteiger charge is 2.23. The van der Waals surface area contributed by atoms with Crippen LogP contribution in [0.15, 0.2) is 42.5 Å². The summed E-state index contributed by atoms with van der Waals surface area (Å²) in [4.78, 5) is 11.3. The smallest absolute Gasteiger partial charge is 0.330 e. The third-order valence-electron chi connectivity index (χ3n) is 2.70. The summed E-state index contributed by atoms with van der Waals surface area (Å²) >= 11 is 0. The van der Waals surface area contributed by atoms with Crippen LogP contribution in [0.2, 0.25) is 0 Å². The van der Waals surface area contributed by atoms with E-state index in [4.69, 9.17) is 0 Å². The molecule has 4 nitrogen and oxygen atoms in total. The molecular formula is C14H11F2NO3. The van der Waals surface area contributed by atoms with Crippen molar-refractivity contribution in [1.82, 2.24) is 0 Å². The summed E-state index contributed by atoms with van der Waals surface area (Å²) in [5.74, 6) is -2.76. The average molecular weight is 279 g/mol. The predicted molar refractivity (Wildman–Crippen MR) is 68.5 cm³/mol. The largest absolute Gasteiger partial charge is 0.508 e. The highest BCUT2D eigenvalue weighted by atomic mass is 19.1. The quantitative estimate of drug-likeness (QED) is 0.805. The number of halogens is 2. The maximum atomic E-state index is 13.2. The minimum absolute atomic E-state index is 0.109. The Balaban J connectivity index is 2.34. The third-order valence-corrected chi connectivity index (χ3v) is 2.70. The Labute approximate surface area is 113 Å². The second-order valence-corrected chi connectivity index (χ2v) is 4.13. The molecule has 2 rings (SSSR count). The van der Waals surface area contributed by atoms with E-state index in [0.29, 0.717) is 5.69 Å². The van der Waals surface area contributed by atoms with Crippen LogP contribution < -0.4 is 5.32 Å². The summed E-state index contributed by atoms with van der Waals surface area (Å²) < 4.78 is 26.0. The van der Waals surface area contributed by atoms with Gasteiger partial charge >= 0.3 is 5.97 Å². The molecule has 1 atom stereocenters. The maximum absolute atomic E-state index is 13.2. The van der Waals surface area contributed by atoms with Crippen molar-refractivity contribution in [3.8, 4) is 5.75 Å². The van der Waals surface area contributed by atoms with E-state index in [9.17, 15) is 23.8 Å². The van der Waals surface area contributed by atoms with Crippen molar-refractivity contribution >= 4 is 11.7 Å². The number of aromatic hydroxyl groups is 1. The number of carboxylic acids is 1. The van der Waals surface area contributed by atoms with Crippen LogP contribution in [0.5, 0.6) is 5.75 Å². The van der Waals surface area contributed by atoms with Crippen molar-refractivity contribution in [1.29, 1.82) is 0 Å². The lowest BCUT2D eigenvalue weighted by Gasteiger charge is -2.17. The zero-order chi connectivity index (χ0) is 14.7. The van der Waals surface area contributed by atoms with E-state index in [2.05, 4.69) is 5.32 Å². The first-order valence-electron chi connectivity index (χ1n) is 5.70. The first-order valence-corrected chi connectivity index (χ1v) is 5.70. The van der Waals surface area contributed by atoms with Crippen LogP contribution in [0.25, 0.3) is 0 Å². The minimum atomic E-state index is -1.35. The van der Waals surface area contributed by atoms with Gasteiger partial charge in [-0.2, -0.15) is 0 Å². The first kappa shape index (κ1) is 13.8. The standard InChI is InChI=1S/C14H11F2NO3/c15-8-1-4-10(5-2-8)17-13(14(19)20)11-7-9(16)3-6-12(11)18/h1-7,13,17-18H,(H,19,20). The van der Waals surface area contributed by atoms with E-state index >= 15 is 0 Å². The number of phenolic OH excluding ortho intramolecular Hbond substituents is 1. The van der Waals surface area contributed by atoms with Gasteiger partial charge in [0, 0.05) is 11.3 Å². The summed E-state index contributed by atoms with van der Waals surface area (Å²) in [6.45, 7) is 0. The Morgan fingerprint density at radius 3 is 2.25 bits per heavy atom. The van der Waals surface area contributed by atoms with Gasteiger partial charge in [0.1, 0.15) is 17.4 Å². The van der Waals surface area contributed by atoms with E-state index in [1.165, 1.54) is 12.1 Å². The van der Waals surface area contributed by atoms with Crippen molar-refractivity contribution in [2.24, 2.45) is 0 Å². The lowest BCUT2D eigenvalue weighted by Crippen LogP contribution is -2.20.